The SMILES string of the molecule is O=C1c2cc(Cl)c(Cl)c(Cl)c2C(Cl)(Cl)N1Cl. The maximum atomic E-state index is 11.7. The van der Waals surface area contributed by atoms with Gasteiger partial charge in [-0.2, -0.15) is 0 Å². The van der Waals surface area contributed by atoms with Crippen molar-refractivity contribution in [2.75, 3.05) is 0 Å². The molecule has 0 saturated heterocycles. The molecule has 0 bridgehead atoms. The summed E-state index contributed by atoms with van der Waals surface area (Å²) in [7, 11) is 0. The van der Waals surface area contributed by atoms with E-state index in [0.717, 1.165) is 0 Å². The summed E-state index contributed by atoms with van der Waals surface area (Å²) >= 11 is 35.1. The van der Waals surface area contributed by atoms with Crippen LogP contribution < -0.4 is 0 Å². The number of rotatable bonds is 0. The molecular weight excluding hydrogens is 339 g/mol. The van der Waals surface area contributed by atoms with Crippen LogP contribution in [0.3, 0.4) is 0 Å². The van der Waals surface area contributed by atoms with Gasteiger partial charge in [-0.25, -0.2) is 4.42 Å². The predicted octanol–water partition coefficient (Wildman–Crippen LogP) is 4.84. The summed E-state index contributed by atoms with van der Waals surface area (Å²) in [5.74, 6) is -0.581. The number of alkyl halides is 2. The summed E-state index contributed by atoms with van der Waals surface area (Å²) in [5, 5.41) is 0.230. The van der Waals surface area contributed by atoms with Crippen molar-refractivity contribution in [3.63, 3.8) is 0 Å². The zero-order chi connectivity index (χ0) is 12.2. The van der Waals surface area contributed by atoms with Gasteiger partial charge in [0, 0.05) is 17.3 Å². The Morgan fingerprint density at radius 2 is 1.69 bits per heavy atom. The molecule has 8 heteroatoms. The van der Waals surface area contributed by atoms with E-state index in [2.05, 4.69) is 0 Å². The van der Waals surface area contributed by atoms with Crippen LogP contribution in [0, 0.1) is 0 Å². The average molecular weight is 340 g/mol. The summed E-state index contributed by atoms with van der Waals surface area (Å²) in [5.41, 5.74) is 0.284. The van der Waals surface area contributed by atoms with E-state index in [1.807, 2.05) is 0 Å². The van der Waals surface area contributed by atoms with Crippen LogP contribution in [-0.4, -0.2) is 10.3 Å². The lowest BCUT2D eigenvalue weighted by Crippen LogP contribution is -2.26. The molecule has 1 heterocycles. The molecule has 0 N–H and O–H groups in total. The van der Waals surface area contributed by atoms with Crippen molar-refractivity contribution < 1.29 is 4.79 Å². The molecule has 0 aromatic heterocycles. The molecule has 16 heavy (non-hydrogen) atoms. The second-order valence-corrected chi connectivity index (χ2v) is 5.82. The van der Waals surface area contributed by atoms with E-state index in [1.165, 1.54) is 6.07 Å². The molecule has 1 amide bonds. The van der Waals surface area contributed by atoms with Gasteiger partial charge in [-0.1, -0.05) is 58.0 Å². The molecule has 2 nitrogen and oxygen atoms in total. The highest BCUT2D eigenvalue weighted by Gasteiger charge is 2.49. The molecule has 0 radical (unpaired) electrons. The number of nitrogens with zero attached hydrogens (tertiary/aromatic N) is 1. The lowest BCUT2D eigenvalue weighted by molar-refractivity contribution is 0.0866. The lowest BCUT2D eigenvalue weighted by Gasteiger charge is -2.20. The zero-order valence-electron chi connectivity index (χ0n) is 7.20. The normalized spacial score (nSPS) is 17.9. The van der Waals surface area contributed by atoms with Crippen molar-refractivity contribution in [1.29, 1.82) is 0 Å². The molecule has 1 aliphatic heterocycles. The van der Waals surface area contributed by atoms with Gasteiger partial charge in [-0.3, -0.25) is 4.79 Å². The van der Waals surface area contributed by atoms with Crippen LogP contribution in [0.5, 0.6) is 0 Å². The van der Waals surface area contributed by atoms with Crippen molar-refractivity contribution in [3.8, 4) is 0 Å². The minimum absolute atomic E-state index is 0.0191. The number of fused-ring (bicyclic) bond motifs is 1. The van der Waals surface area contributed by atoms with E-state index in [9.17, 15) is 4.79 Å². The number of carbonyl (C=O) groups is 1. The van der Waals surface area contributed by atoms with Crippen molar-refractivity contribution in [2.24, 2.45) is 0 Å². The molecule has 1 aromatic rings. The van der Waals surface area contributed by atoms with Crippen molar-refractivity contribution >= 4 is 75.7 Å². The fourth-order valence-electron chi connectivity index (χ4n) is 1.39. The number of amides is 1. The Morgan fingerprint density at radius 1 is 1.12 bits per heavy atom. The first-order valence-electron chi connectivity index (χ1n) is 3.84. The van der Waals surface area contributed by atoms with Gasteiger partial charge < -0.3 is 0 Å². The van der Waals surface area contributed by atoms with Gasteiger partial charge in [0.25, 0.3) is 5.91 Å². The van der Waals surface area contributed by atoms with E-state index in [0.29, 0.717) is 4.42 Å². The molecule has 1 aromatic carbocycles. The second kappa shape index (κ2) is 3.98. The van der Waals surface area contributed by atoms with E-state index in [-0.39, 0.29) is 26.2 Å². The van der Waals surface area contributed by atoms with Crippen LogP contribution in [0.25, 0.3) is 0 Å². The number of hydrogen-bond donors (Lipinski definition) is 0. The molecule has 0 fully saturated rings. The summed E-state index contributed by atoms with van der Waals surface area (Å²) < 4.78 is -1.11. The number of benzene rings is 1. The highest BCUT2D eigenvalue weighted by atomic mass is 35.5. The van der Waals surface area contributed by atoms with Gasteiger partial charge in [0.1, 0.15) is 0 Å². The third kappa shape index (κ3) is 1.59. The fraction of sp³-hybridized carbons (Fsp3) is 0.125. The topological polar surface area (TPSA) is 20.3 Å². The Hall–Kier alpha value is 0.430. The minimum atomic E-state index is -1.75. The molecule has 86 valence electrons. The highest BCUT2D eigenvalue weighted by molar-refractivity contribution is 6.56. The maximum Gasteiger partial charge on any atom is 0.271 e. The third-order valence-electron chi connectivity index (χ3n) is 2.12. The van der Waals surface area contributed by atoms with E-state index in [1.54, 1.807) is 0 Å². The molecule has 2 rings (SSSR count). The van der Waals surface area contributed by atoms with Crippen molar-refractivity contribution in [2.45, 2.75) is 4.46 Å². The highest BCUT2D eigenvalue weighted by Crippen LogP contribution is 2.52. The molecule has 0 saturated carbocycles. The largest absolute Gasteiger partial charge is 0.271 e. The Kier molecular flexibility index (Phi) is 3.20. The number of halogens is 6. The first kappa shape index (κ1) is 12.9. The summed E-state index contributed by atoms with van der Waals surface area (Å²) in [4.78, 5) is 11.7. The Labute approximate surface area is 121 Å². The van der Waals surface area contributed by atoms with Gasteiger partial charge in [0.05, 0.1) is 20.6 Å². The van der Waals surface area contributed by atoms with Crippen LogP contribution >= 0.6 is 69.8 Å². The third-order valence-corrected chi connectivity index (χ3v) is 4.68. The van der Waals surface area contributed by atoms with Crippen molar-refractivity contribution in [1.82, 2.24) is 4.42 Å². The molecule has 0 unspecified atom stereocenters. The molecule has 0 spiro atoms. The molecule has 1 aliphatic rings. The monoisotopic (exact) mass is 337 g/mol. The Bertz CT molecular complexity index is 500. The fourth-order valence-corrected chi connectivity index (χ4v) is 2.95. The van der Waals surface area contributed by atoms with Crippen LogP contribution in [-0.2, 0) is 4.46 Å². The standard InChI is InChI=1S/C8HCl6NO/c9-3-1-2-4(6(11)5(3)10)8(12,13)15(14)7(2)16/h1H. The molecule has 0 atom stereocenters. The molecule has 0 aliphatic carbocycles. The smallest absolute Gasteiger partial charge is 0.268 e. The van der Waals surface area contributed by atoms with Gasteiger partial charge >= 0.3 is 0 Å². The van der Waals surface area contributed by atoms with E-state index < -0.39 is 10.4 Å². The summed E-state index contributed by atoms with van der Waals surface area (Å²) in [6.45, 7) is 0. The van der Waals surface area contributed by atoms with Crippen LogP contribution in [0.4, 0.5) is 0 Å². The van der Waals surface area contributed by atoms with Gasteiger partial charge in [-0.05, 0) is 6.07 Å². The lowest BCUT2D eigenvalue weighted by atomic mass is 10.1. The number of carbonyl (C=O) groups excluding carboxylic acids is 1. The molecular formula is C8HCl6NO. The maximum absolute atomic E-state index is 11.7. The second-order valence-electron chi connectivity index (χ2n) is 3.04. The van der Waals surface area contributed by atoms with Gasteiger partial charge in [-0.15, -0.1) is 0 Å². The summed E-state index contributed by atoms with van der Waals surface area (Å²) in [6, 6.07) is 1.33. The van der Waals surface area contributed by atoms with Crippen LogP contribution in [0.2, 0.25) is 15.1 Å². The van der Waals surface area contributed by atoms with E-state index in [4.69, 9.17) is 69.8 Å². The van der Waals surface area contributed by atoms with E-state index >= 15 is 0 Å². The van der Waals surface area contributed by atoms with Gasteiger partial charge in [0.15, 0.2) is 0 Å². The zero-order valence-corrected chi connectivity index (χ0v) is 11.7. The average Bonchev–Trinajstić information content (AvgIpc) is 2.37. The predicted molar refractivity (Wildman–Crippen MR) is 66.9 cm³/mol. The Morgan fingerprint density at radius 3 is 2.25 bits per heavy atom. The van der Waals surface area contributed by atoms with Crippen LogP contribution in [0.15, 0.2) is 6.07 Å². The minimum Gasteiger partial charge on any atom is -0.268 e. The Balaban J connectivity index is 2.83. The number of hydrogen-bond acceptors (Lipinski definition) is 1. The summed E-state index contributed by atoms with van der Waals surface area (Å²) in [6.07, 6.45) is 0. The first-order valence-corrected chi connectivity index (χ1v) is 6.07. The van der Waals surface area contributed by atoms with Gasteiger partial charge in [0.2, 0.25) is 4.46 Å². The first-order chi connectivity index (χ1) is 7.28. The quantitative estimate of drug-likeness (QED) is 0.286. The van der Waals surface area contributed by atoms with Crippen molar-refractivity contribution in [3.05, 3.63) is 32.3 Å². The van der Waals surface area contributed by atoms with Crippen LogP contribution in [0.1, 0.15) is 15.9 Å².